The van der Waals surface area contributed by atoms with E-state index >= 15 is 0 Å². The first-order valence-corrected chi connectivity index (χ1v) is 19.3. The number of carbonyl (C=O) groups is 2. The summed E-state index contributed by atoms with van der Waals surface area (Å²) in [4.78, 5) is 28.5. The van der Waals surface area contributed by atoms with E-state index in [0.29, 0.717) is 24.5 Å². The third-order valence-electron chi connectivity index (χ3n) is 11.5. The van der Waals surface area contributed by atoms with Crippen LogP contribution in [-0.4, -0.2) is 42.0 Å². The van der Waals surface area contributed by atoms with Crippen LogP contribution in [-0.2, 0) is 16.0 Å². The molecular formula is C44H58N2O5. The van der Waals surface area contributed by atoms with Gasteiger partial charge in [-0.2, -0.15) is 0 Å². The molecule has 0 spiro atoms. The van der Waals surface area contributed by atoms with Crippen molar-refractivity contribution in [2.75, 3.05) is 20.3 Å². The number of ketones is 2. The number of benzene rings is 2. The Morgan fingerprint density at radius 2 is 1.84 bits per heavy atom. The number of hydrogen-bond acceptors (Lipinski definition) is 7. The third kappa shape index (κ3) is 9.65. The van der Waals surface area contributed by atoms with Gasteiger partial charge in [0.1, 0.15) is 11.6 Å². The molecule has 2 aromatic rings. The third-order valence-corrected chi connectivity index (χ3v) is 11.5. The number of phenolic OH excluding ortho intramolecular Hbond substituents is 1. The maximum atomic E-state index is 14.7. The molecule has 1 heterocycles. The lowest BCUT2D eigenvalue weighted by Crippen LogP contribution is -2.37. The summed E-state index contributed by atoms with van der Waals surface area (Å²) in [5.41, 5.74) is 10.1. The van der Waals surface area contributed by atoms with Crippen molar-refractivity contribution in [3.63, 3.8) is 0 Å². The second kappa shape index (κ2) is 18.5. The summed E-state index contributed by atoms with van der Waals surface area (Å²) in [6.45, 7) is 5.14. The van der Waals surface area contributed by atoms with Crippen LogP contribution in [0.5, 0.6) is 11.5 Å². The Labute approximate surface area is 305 Å². The zero-order valence-corrected chi connectivity index (χ0v) is 30.8. The van der Waals surface area contributed by atoms with Gasteiger partial charge in [0, 0.05) is 31.4 Å². The van der Waals surface area contributed by atoms with Crippen molar-refractivity contribution >= 4 is 11.6 Å². The quantitative estimate of drug-likeness (QED) is 0.103. The molecule has 3 aliphatic rings. The maximum absolute atomic E-state index is 14.7. The summed E-state index contributed by atoms with van der Waals surface area (Å²) < 4.78 is 5.48. The van der Waals surface area contributed by atoms with Crippen LogP contribution in [0, 0.1) is 47.3 Å². The van der Waals surface area contributed by atoms with E-state index in [4.69, 9.17) is 10.5 Å². The van der Waals surface area contributed by atoms with E-state index in [1.807, 2.05) is 30.3 Å². The topological polar surface area (TPSA) is 122 Å². The first-order valence-electron chi connectivity index (χ1n) is 19.3. The van der Waals surface area contributed by atoms with Gasteiger partial charge in [-0.3, -0.25) is 9.59 Å². The Morgan fingerprint density at radius 3 is 2.55 bits per heavy atom. The summed E-state index contributed by atoms with van der Waals surface area (Å²) in [5.74, 6) is 7.82. The number of phenols is 1. The number of Topliss-reactive ketones (excluding diaryl/α,β-unsaturated/α-hetero) is 2. The van der Waals surface area contributed by atoms with Gasteiger partial charge >= 0.3 is 0 Å². The monoisotopic (exact) mass is 694 g/mol. The molecule has 0 amide bonds. The molecule has 2 aromatic carbocycles. The second-order valence-electron chi connectivity index (χ2n) is 15.0. The molecule has 0 unspecified atom stereocenters. The number of aryl methyl sites for hydroxylation is 1. The minimum absolute atomic E-state index is 0.00482. The summed E-state index contributed by atoms with van der Waals surface area (Å²) in [5, 5.41) is 25.0. The number of unbranched alkanes of at least 4 members (excludes halogenated alkanes) is 2. The minimum Gasteiger partial charge on any atom is -0.504 e. The molecule has 274 valence electrons. The van der Waals surface area contributed by atoms with Crippen LogP contribution in [0.1, 0.15) is 107 Å². The molecule has 2 aliphatic carbocycles. The predicted octanol–water partition coefficient (Wildman–Crippen LogP) is 7.59. The molecule has 0 bridgehead atoms. The molecule has 5 rings (SSSR count). The van der Waals surface area contributed by atoms with E-state index < -0.39 is 5.92 Å². The number of dihydropyridines is 1. The fourth-order valence-electron chi connectivity index (χ4n) is 9.09. The van der Waals surface area contributed by atoms with Crippen molar-refractivity contribution in [2.45, 2.75) is 96.8 Å². The zero-order chi connectivity index (χ0) is 36.3. The number of aliphatic hydroxyl groups excluding tert-OH is 1. The number of nitrogens with two attached hydrogens (primary N) is 1. The molecule has 7 nitrogen and oxygen atoms in total. The van der Waals surface area contributed by atoms with Crippen LogP contribution in [0.2, 0.25) is 0 Å². The van der Waals surface area contributed by atoms with E-state index in [9.17, 15) is 19.8 Å². The molecule has 5 N–H and O–H groups in total. The number of carbonyl (C=O) groups excluding carboxylic acids is 2. The number of methoxy groups -OCH3 is 1. The van der Waals surface area contributed by atoms with Crippen molar-refractivity contribution < 1.29 is 24.5 Å². The highest BCUT2D eigenvalue weighted by atomic mass is 16.5. The van der Waals surface area contributed by atoms with Crippen molar-refractivity contribution in [3.8, 4) is 23.3 Å². The molecule has 1 saturated carbocycles. The number of aromatic hydroxyl groups is 1. The van der Waals surface area contributed by atoms with Crippen LogP contribution >= 0.6 is 0 Å². The molecule has 7 atom stereocenters. The minimum atomic E-state index is -0.401. The van der Waals surface area contributed by atoms with Crippen LogP contribution in [0.4, 0.5) is 0 Å². The van der Waals surface area contributed by atoms with E-state index in [0.717, 1.165) is 74.5 Å². The average Bonchev–Trinajstić information content (AvgIpc) is 3.26. The van der Waals surface area contributed by atoms with E-state index in [2.05, 4.69) is 49.2 Å². The van der Waals surface area contributed by atoms with E-state index in [-0.39, 0.29) is 72.3 Å². The fraction of sp³-hybridized carbons (Fsp3) is 0.545. The fourth-order valence-corrected chi connectivity index (χ4v) is 9.09. The van der Waals surface area contributed by atoms with Crippen LogP contribution in [0.15, 0.2) is 66.0 Å². The van der Waals surface area contributed by atoms with Gasteiger partial charge in [-0.15, -0.1) is 0 Å². The van der Waals surface area contributed by atoms with Gasteiger partial charge in [-0.05, 0) is 103 Å². The Bertz CT molecular complexity index is 1620. The molecule has 1 fully saturated rings. The molecule has 0 radical (unpaired) electrons. The number of hydrogen-bond donors (Lipinski definition) is 4. The number of ether oxygens (including phenoxy) is 1. The van der Waals surface area contributed by atoms with Crippen LogP contribution in [0.25, 0.3) is 0 Å². The molecule has 0 aromatic heterocycles. The second-order valence-corrected chi connectivity index (χ2v) is 15.0. The van der Waals surface area contributed by atoms with Gasteiger partial charge in [0.05, 0.1) is 25.3 Å². The standard InChI is InChI=1S/C44H58N2O5/c1-4-6-8-14-37-38(34(28-47)11-5-2)23-30(21-29-19-20-46-43(45)24-29)22-33-16-18-36(31-12-9-7-10-13-31)39-27-40(49)42(51-3)25-32(39)15-17-35(48)26-41(50)44(33)37/h7,9-10,12-13,19,24-25,27,30,33-34,36-38,44,46-47,49H,4-6,8,11,14-15,17,20-23,26,28,45H2,1-3H3/t30-,33+,34-,36-,37-,38-,44+/m0/s1. The normalized spacial score (nSPS) is 26.0. The predicted molar refractivity (Wildman–Crippen MR) is 203 cm³/mol. The van der Waals surface area contributed by atoms with Crippen molar-refractivity contribution in [3.05, 3.63) is 82.7 Å². The van der Waals surface area contributed by atoms with Gasteiger partial charge in [-0.25, -0.2) is 0 Å². The highest BCUT2D eigenvalue weighted by Gasteiger charge is 2.45. The van der Waals surface area contributed by atoms with Gasteiger partial charge in [-0.1, -0.05) is 87.8 Å². The SMILES string of the molecule is CCCCC[C@H]1[C@H]([C@H](CO)CCC)C[C@@H](CC2=CCNC(N)=C2)C[C@H]2C#C[C@@H](c3ccccc3)c3cc(O)c(OC)cc3CCC(=O)CC(=O)[C@@H]12. The summed E-state index contributed by atoms with van der Waals surface area (Å²) >= 11 is 0. The van der Waals surface area contributed by atoms with Crippen molar-refractivity contribution in [1.29, 1.82) is 0 Å². The van der Waals surface area contributed by atoms with E-state index in [1.165, 1.54) is 12.7 Å². The average molecular weight is 695 g/mol. The molecule has 1 aliphatic heterocycles. The first-order chi connectivity index (χ1) is 24.8. The van der Waals surface area contributed by atoms with Crippen molar-refractivity contribution in [2.24, 2.45) is 41.2 Å². The summed E-state index contributed by atoms with van der Waals surface area (Å²) in [7, 11) is 1.52. The molecule has 7 heteroatoms. The van der Waals surface area contributed by atoms with Gasteiger partial charge in [0.25, 0.3) is 0 Å². The molecular weight excluding hydrogens is 636 g/mol. The zero-order valence-electron chi connectivity index (χ0n) is 30.8. The molecule has 51 heavy (non-hydrogen) atoms. The van der Waals surface area contributed by atoms with Crippen molar-refractivity contribution in [1.82, 2.24) is 5.32 Å². The number of aliphatic hydroxyl groups is 1. The Kier molecular flexibility index (Phi) is 13.8. The lowest BCUT2D eigenvalue weighted by Gasteiger charge is -2.37. The van der Waals surface area contributed by atoms with Gasteiger partial charge in [0.15, 0.2) is 11.5 Å². The Morgan fingerprint density at radius 1 is 1.04 bits per heavy atom. The van der Waals surface area contributed by atoms with E-state index in [1.54, 1.807) is 6.07 Å². The smallest absolute Gasteiger partial charge is 0.160 e. The highest BCUT2D eigenvalue weighted by Crippen LogP contribution is 2.48. The number of nitrogens with one attached hydrogen (secondary N) is 1. The number of fused-ring (bicyclic) bond motifs is 2. The van der Waals surface area contributed by atoms with Gasteiger partial charge in [0.2, 0.25) is 0 Å². The lowest BCUT2D eigenvalue weighted by molar-refractivity contribution is -0.132. The lowest BCUT2D eigenvalue weighted by atomic mass is 9.66. The Balaban J connectivity index is 1.70. The summed E-state index contributed by atoms with van der Waals surface area (Å²) in [6.07, 6.45) is 13.1. The first kappa shape index (κ1) is 38.2. The van der Waals surface area contributed by atoms with Crippen LogP contribution < -0.4 is 15.8 Å². The largest absolute Gasteiger partial charge is 0.504 e. The number of rotatable bonds is 12. The Hall–Kier alpha value is -4.02. The molecule has 0 saturated heterocycles. The summed E-state index contributed by atoms with van der Waals surface area (Å²) in [6, 6.07) is 13.6. The number of allylic oxidation sites excluding steroid dienone is 2. The van der Waals surface area contributed by atoms with Crippen LogP contribution in [0.3, 0.4) is 0 Å². The highest BCUT2D eigenvalue weighted by molar-refractivity contribution is 6.00. The van der Waals surface area contributed by atoms with Gasteiger partial charge < -0.3 is 26.0 Å². The maximum Gasteiger partial charge on any atom is 0.160 e.